The van der Waals surface area contributed by atoms with E-state index >= 15 is 0 Å². The highest BCUT2D eigenvalue weighted by molar-refractivity contribution is 8.00. The van der Waals surface area contributed by atoms with Crippen molar-refractivity contribution in [2.75, 3.05) is 5.75 Å². The Kier molecular flexibility index (Phi) is 6.68. The molecule has 1 aliphatic heterocycles. The van der Waals surface area contributed by atoms with Crippen molar-refractivity contribution >= 4 is 35.2 Å². The second-order valence-electron chi connectivity index (χ2n) is 7.44. The van der Waals surface area contributed by atoms with Crippen LogP contribution in [0, 0.1) is 5.92 Å². The van der Waals surface area contributed by atoms with Crippen LogP contribution >= 0.6 is 23.4 Å². The van der Waals surface area contributed by atoms with E-state index in [2.05, 4.69) is 19.2 Å². The van der Waals surface area contributed by atoms with Gasteiger partial charge in [0, 0.05) is 23.2 Å². The van der Waals surface area contributed by atoms with Crippen LogP contribution in [-0.2, 0) is 11.3 Å². The zero-order chi connectivity index (χ0) is 20.3. The fraction of sp³-hybridized carbons (Fsp3) is 0.364. The summed E-state index contributed by atoms with van der Waals surface area (Å²) >= 11 is 7.57. The molecule has 1 N–H and O–H groups in total. The van der Waals surface area contributed by atoms with Gasteiger partial charge in [0.15, 0.2) is 0 Å². The summed E-state index contributed by atoms with van der Waals surface area (Å²) < 4.78 is 0. The largest absolute Gasteiger partial charge is 0.349 e. The van der Waals surface area contributed by atoms with Crippen LogP contribution in [0.1, 0.15) is 47.6 Å². The van der Waals surface area contributed by atoms with E-state index in [1.807, 2.05) is 60.4 Å². The molecular formula is C22H25ClN2O2S. The fourth-order valence-corrected chi connectivity index (χ4v) is 4.26. The molecule has 0 radical (unpaired) electrons. The van der Waals surface area contributed by atoms with Gasteiger partial charge in [-0.15, -0.1) is 11.8 Å². The number of carbonyl (C=O) groups is 2. The molecule has 1 saturated heterocycles. The van der Waals surface area contributed by atoms with Crippen molar-refractivity contribution in [3.05, 3.63) is 70.2 Å². The summed E-state index contributed by atoms with van der Waals surface area (Å²) in [6, 6.07) is 15.2. The van der Waals surface area contributed by atoms with Gasteiger partial charge in [-0.25, -0.2) is 0 Å². The van der Waals surface area contributed by atoms with E-state index in [0.29, 0.717) is 28.8 Å². The fourth-order valence-electron chi connectivity index (χ4n) is 2.94. The van der Waals surface area contributed by atoms with Crippen LogP contribution in [0.3, 0.4) is 0 Å². The lowest BCUT2D eigenvalue weighted by molar-refractivity contribution is -0.128. The lowest BCUT2D eigenvalue weighted by Gasteiger charge is -2.24. The van der Waals surface area contributed by atoms with Gasteiger partial charge < -0.3 is 10.2 Å². The quantitative estimate of drug-likeness (QED) is 0.729. The minimum Gasteiger partial charge on any atom is -0.349 e. The number of nitrogens with one attached hydrogen (secondary N) is 1. The standard InChI is InChI=1S/C22H25ClN2O2S/c1-14(2)15(3)24-21(27)17-6-8-18(9-7-17)22-25(20(26)13-28-22)12-16-4-10-19(23)11-5-16/h4-11,14-15,22H,12-13H2,1-3H3,(H,24,27)/t15-,22+/m0/s1. The first-order valence-corrected chi connectivity index (χ1v) is 10.8. The molecule has 0 bridgehead atoms. The van der Waals surface area contributed by atoms with Crippen LogP contribution in [0.15, 0.2) is 48.5 Å². The van der Waals surface area contributed by atoms with Gasteiger partial charge in [0.1, 0.15) is 5.37 Å². The first kappa shape index (κ1) is 20.7. The maximum absolute atomic E-state index is 12.4. The van der Waals surface area contributed by atoms with Crippen molar-refractivity contribution in [2.45, 2.75) is 38.7 Å². The average molecular weight is 417 g/mol. The molecule has 2 amide bonds. The Bertz CT molecular complexity index is 837. The van der Waals surface area contributed by atoms with Crippen molar-refractivity contribution in [2.24, 2.45) is 5.92 Å². The second kappa shape index (κ2) is 9.01. The number of hydrogen-bond acceptors (Lipinski definition) is 3. The third-order valence-corrected chi connectivity index (χ3v) is 6.56. The predicted octanol–water partition coefficient (Wildman–Crippen LogP) is 4.89. The molecule has 2 atom stereocenters. The summed E-state index contributed by atoms with van der Waals surface area (Å²) in [5, 5.41) is 3.66. The van der Waals surface area contributed by atoms with Crippen molar-refractivity contribution in [3.8, 4) is 0 Å². The lowest BCUT2D eigenvalue weighted by Crippen LogP contribution is -2.36. The minimum atomic E-state index is -0.0686. The molecule has 0 aromatic heterocycles. The summed E-state index contributed by atoms with van der Waals surface area (Å²) in [5.74, 6) is 0.899. The Hall–Kier alpha value is -1.98. The third kappa shape index (κ3) is 4.89. The van der Waals surface area contributed by atoms with Crippen LogP contribution < -0.4 is 5.32 Å². The number of carbonyl (C=O) groups excluding carboxylic acids is 2. The molecule has 1 aliphatic rings. The number of halogens is 1. The van der Waals surface area contributed by atoms with E-state index in [1.54, 1.807) is 11.8 Å². The Labute approximate surface area is 175 Å². The van der Waals surface area contributed by atoms with E-state index in [0.717, 1.165) is 11.1 Å². The molecule has 2 aromatic rings. The van der Waals surface area contributed by atoms with E-state index < -0.39 is 0 Å². The van der Waals surface area contributed by atoms with Gasteiger partial charge >= 0.3 is 0 Å². The second-order valence-corrected chi connectivity index (χ2v) is 8.94. The van der Waals surface area contributed by atoms with Crippen LogP contribution in [-0.4, -0.2) is 28.5 Å². The van der Waals surface area contributed by atoms with Gasteiger partial charge in [-0.3, -0.25) is 9.59 Å². The Morgan fingerprint density at radius 3 is 2.39 bits per heavy atom. The predicted molar refractivity (Wildman–Crippen MR) is 115 cm³/mol. The summed E-state index contributed by atoms with van der Waals surface area (Å²) in [6.45, 7) is 6.71. The summed E-state index contributed by atoms with van der Waals surface area (Å²) in [5.41, 5.74) is 2.71. The van der Waals surface area contributed by atoms with Crippen LogP contribution in [0.2, 0.25) is 5.02 Å². The number of amides is 2. The Balaban J connectivity index is 1.72. The number of rotatable bonds is 6. The molecule has 3 rings (SSSR count). The first-order valence-electron chi connectivity index (χ1n) is 9.41. The maximum Gasteiger partial charge on any atom is 0.251 e. The minimum absolute atomic E-state index is 0.0464. The van der Waals surface area contributed by atoms with Gasteiger partial charge in [0.2, 0.25) is 5.91 Å². The highest BCUT2D eigenvalue weighted by Crippen LogP contribution is 2.39. The molecule has 0 unspecified atom stereocenters. The number of benzene rings is 2. The zero-order valence-corrected chi connectivity index (χ0v) is 17.9. The van der Waals surface area contributed by atoms with E-state index in [-0.39, 0.29) is 23.2 Å². The molecular weight excluding hydrogens is 392 g/mol. The van der Waals surface area contributed by atoms with Crippen LogP contribution in [0.25, 0.3) is 0 Å². The number of nitrogens with zero attached hydrogens (tertiary/aromatic N) is 1. The first-order chi connectivity index (χ1) is 13.3. The molecule has 0 aliphatic carbocycles. The van der Waals surface area contributed by atoms with Crippen molar-refractivity contribution in [1.29, 1.82) is 0 Å². The van der Waals surface area contributed by atoms with Gasteiger partial charge in [-0.1, -0.05) is 49.7 Å². The Morgan fingerprint density at radius 2 is 1.79 bits per heavy atom. The van der Waals surface area contributed by atoms with Gasteiger partial charge in [0.25, 0.3) is 5.91 Å². The van der Waals surface area contributed by atoms with Crippen LogP contribution in [0.4, 0.5) is 0 Å². The summed E-state index contributed by atoms with van der Waals surface area (Å²) in [7, 11) is 0. The zero-order valence-electron chi connectivity index (χ0n) is 16.3. The Morgan fingerprint density at radius 1 is 1.14 bits per heavy atom. The topological polar surface area (TPSA) is 49.4 Å². The monoisotopic (exact) mass is 416 g/mol. The van der Waals surface area contributed by atoms with E-state index in [1.165, 1.54) is 0 Å². The summed E-state index contributed by atoms with van der Waals surface area (Å²) in [6.07, 6.45) is 0. The van der Waals surface area contributed by atoms with E-state index in [9.17, 15) is 9.59 Å². The SMILES string of the molecule is CC(C)[C@H](C)NC(=O)c1ccc([C@H]2SCC(=O)N2Cc2ccc(Cl)cc2)cc1. The molecule has 0 saturated carbocycles. The maximum atomic E-state index is 12.4. The van der Waals surface area contributed by atoms with E-state index in [4.69, 9.17) is 11.6 Å². The highest BCUT2D eigenvalue weighted by atomic mass is 35.5. The van der Waals surface area contributed by atoms with Crippen molar-refractivity contribution in [1.82, 2.24) is 10.2 Å². The molecule has 4 nitrogen and oxygen atoms in total. The van der Waals surface area contributed by atoms with Gasteiger partial charge in [-0.05, 0) is 48.2 Å². The average Bonchev–Trinajstić information content (AvgIpc) is 3.04. The number of thioether (sulfide) groups is 1. The smallest absolute Gasteiger partial charge is 0.251 e. The molecule has 0 spiro atoms. The van der Waals surface area contributed by atoms with Crippen LogP contribution in [0.5, 0.6) is 0 Å². The molecule has 148 valence electrons. The summed E-state index contributed by atoms with van der Waals surface area (Å²) in [4.78, 5) is 26.7. The highest BCUT2D eigenvalue weighted by Gasteiger charge is 2.32. The lowest BCUT2D eigenvalue weighted by atomic mass is 10.1. The molecule has 2 aromatic carbocycles. The molecule has 28 heavy (non-hydrogen) atoms. The number of hydrogen-bond donors (Lipinski definition) is 1. The molecule has 6 heteroatoms. The molecule has 1 fully saturated rings. The molecule has 1 heterocycles. The van der Waals surface area contributed by atoms with Gasteiger partial charge in [0.05, 0.1) is 5.75 Å². The normalized spacial score (nSPS) is 17.8. The van der Waals surface area contributed by atoms with Crippen molar-refractivity contribution < 1.29 is 9.59 Å². The van der Waals surface area contributed by atoms with Crippen molar-refractivity contribution in [3.63, 3.8) is 0 Å². The van der Waals surface area contributed by atoms with Gasteiger partial charge in [-0.2, -0.15) is 0 Å². The third-order valence-electron chi connectivity index (χ3n) is 5.05.